The highest BCUT2D eigenvalue weighted by Gasteiger charge is 2.20. The van der Waals surface area contributed by atoms with Crippen LogP contribution in [0, 0.1) is 0 Å². The monoisotopic (exact) mass is 389 g/mol. The lowest BCUT2D eigenvalue weighted by Gasteiger charge is -2.07. The van der Waals surface area contributed by atoms with Crippen LogP contribution in [0.15, 0.2) is 47.9 Å². The number of aryl methyl sites for hydroxylation is 1. The van der Waals surface area contributed by atoms with Gasteiger partial charge in [0.05, 0.1) is 0 Å². The molecule has 3 heterocycles. The number of hydrogen-bond donors (Lipinski definition) is 2. The molecule has 0 atom stereocenters. The van der Waals surface area contributed by atoms with E-state index in [1.165, 1.54) is 6.20 Å². The van der Waals surface area contributed by atoms with Crippen molar-refractivity contribution in [1.82, 2.24) is 29.0 Å². The van der Waals surface area contributed by atoms with Gasteiger partial charge in [-0.25, -0.2) is 18.1 Å². The van der Waals surface area contributed by atoms with E-state index in [0.717, 1.165) is 5.82 Å². The van der Waals surface area contributed by atoms with Crippen LogP contribution >= 0.6 is 0 Å². The van der Waals surface area contributed by atoms with Crippen molar-refractivity contribution in [2.45, 2.75) is 24.8 Å². The van der Waals surface area contributed by atoms with Gasteiger partial charge in [0, 0.05) is 44.6 Å². The summed E-state index contributed by atoms with van der Waals surface area (Å²) in [6.07, 6.45) is 5.29. The molecule has 0 aliphatic heterocycles. The minimum Gasteiger partial charge on any atom is -0.367 e. The van der Waals surface area contributed by atoms with Crippen molar-refractivity contribution in [3.05, 3.63) is 48.7 Å². The molecular weight excluding hydrogens is 366 g/mol. The molecule has 2 N–H and O–H groups in total. The van der Waals surface area contributed by atoms with Crippen molar-refractivity contribution >= 4 is 15.8 Å². The molecule has 0 aromatic carbocycles. The molecule has 3 aromatic heterocycles. The number of imidazole rings is 1. The van der Waals surface area contributed by atoms with Gasteiger partial charge in [0.25, 0.3) is 10.0 Å². The first-order valence-electron chi connectivity index (χ1n) is 8.60. The summed E-state index contributed by atoms with van der Waals surface area (Å²) in [4.78, 5) is 4.22. The van der Waals surface area contributed by atoms with Crippen molar-refractivity contribution in [1.29, 1.82) is 0 Å². The summed E-state index contributed by atoms with van der Waals surface area (Å²) in [6.45, 7) is 4.52. The maximum absolute atomic E-state index is 12.4. The number of sulfonamides is 1. The fourth-order valence-electron chi connectivity index (χ4n) is 2.61. The first-order chi connectivity index (χ1) is 12.9. The lowest BCUT2D eigenvalue weighted by molar-refractivity contribution is 0.579. The van der Waals surface area contributed by atoms with Crippen LogP contribution in [-0.4, -0.2) is 45.8 Å². The van der Waals surface area contributed by atoms with Gasteiger partial charge in [0.15, 0.2) is 10.8 Å². The molecule has 27 heavy (non-hydrogen) atoms. The van der Waals surface area contributed by atoms with Crippen molar-refractivity contribution in [2.75, 3.05) is 18.4 Å². The minimum atomic E-state index is -3.65. The molecule has 3 rings (SSSR count). The standard InChI is InChI=1S/C17H23N7O2S/c1-13(2)17-20-16(12-23(17)3)27(25,26)19-9-8-18-14-6-7-15(22-21-14)24-10-4-5-11-24/h4-7,10-13,19H,8-9H2,1-3H3,(H,18,21). The highest BCUT2D eigenvalue weighted by molar-refractivity contribution is 7.89. The number of hydrogen-bond acceptors (Lipinski definition) is 6. The van der Waals surface area contributed by atoms with Crippen LogP contribution in [0.25, 0.3) is 5.82 Å². The van der Waals surface area contributed by atoms with Gasteiger partial charge in [0.2, 0.25) is 0 Å². The zero-order valence-corrected chi connectivity index (χ0v) is 16.3. The average molecular weight is 389 g/mol. The molecule has 10 heteroatoms. The topological polar surface area (TPSA) is 107 Å². The average Bonchev–Trinajstić information content (AvgIpc) is 3.29. The summed E-state index contributed by atoms with van der Waals surface area (Å²) >= 11 is 0. The quantitative estimate of drug-likeness (QED) is 0.566. The van der Waals surface area contributed by atoms with Crippen molar-refractivity contribution in [3.63, 3.8) is 0 Å². The zero-order chi connectivity index (χ0) is 19.4. The third kappa shape index (κ3) is 4.52. The van der Waals surface area contributed by atoms with Crippen LogP contribution in [0.2, 0.25) is 0 Å². The molecule has 0 aliphatic rings. The van der Waals surface area contributed by atoms with Crippen LogP contribution in [0.4, 0.5) is 5.82 Å². The lowest BCUT2D eigenvalue weighted by Crippen LogP contribution is -2.29. The normalized spacial score (nSPS) is 11.9. The van der Waals surface area contributed by atoms with E-state index in [0.29, 0.717) is 18.2 Å². The van der Waals surface area contributed by atoms with Crippen LogP contribution in [0.1, 0.15) is 25.6 Å². The Labute approximate surface area is 158 Å². The number of aromatic nitrogens is 5. The Balaban J connectivity index is 1.53. The Morgan fingerprint density at radius 1 is 1.11 bits per heavy atom. The summed E-state index contributed by atoms with van der Waals surface area (Å²) in [6, 6.07) is 7.45. The van der Waals surface area contributed by atoms with Crippen LogP contribution < -0.4 is 10.0 Å². The summed E-state index contributed by atoms with van der Waals surface area (Å²) < 4.78 is 30.9. The summed E-state index contributed by atoms with van der Waals surface area (Å²) in [7, 11) is -1.86. The molecule has 0 saturated carbocycles. The molecule has 0 radical (unpaired) electrons. The molecule has 9 nitrogen and oxygen atoms in total. The van der Waals surface area contributed by atoms with E-state index in [1.54, 1.807) is 17.7 Å². The van der Waals surface area contributed by atoms with Crippen molar-refractivity contribution in [2.24, 2.45) is 7.05 Å². The third-order valence-corrected chi connectivity index (χ3v) is 5.26. The van der Waals surface area contributed by atoms with Gasteiger partial charge in [-0.1, -0.05) is 13.8 Å². The molecule has 144 valence electrons. The van der Waals surface area contributed by atoms with Gasteiger partial charge in [-0.2, -0.15) is 0 Å². The highest BCUT2D eigenvalue weighted by Crippen LogP contribution is 2.15. The number of anilines is 1. The fourth-order valence-corrected chi connectivity index (χ4v) is 3.64. The number of nitrogens with one attached hydrogen (secondary N) is 2. The molecule has 0 unspecified atom stereocenters. The Kier molecular flexibility index (Phi) is 5.57. The number of rotatable bonds is 8. The molecular formula is C17H23N7O2S. The zero-order valence-electron chi connectivity index (χ0n) is 15.5. The van der Waals surface area contributed by atoms with Gasteiger partial charge in [-0.15, -0.1) is 10.2 Å². The highest BCUT2D eigenvalue weighted by atomic mass is 32.2. The number of nitrogens with zero attached hydrogens (tertiary/aromatic N) is 5. The Hall–Kier alpha value is -2.72. The third-order valence-electron chi connectivity index (χ3n) is 3.92. The van der Waals surface area contributed by atoms with Crippen LogP contribution in [0.5, 0.6) is 0 Å². The maximum atomic E-state index is 12.4. The van der Waals surface area contributed by atoms with E-state index >= 15 is 0 Å². The predicted molar refractivity (Wildman–Crippen MR) is 102 cm³/mol. The molecule has 3 aromatic rings. The van der Waals surface area contributed by atoms with E-state index in [9.17, 15) is 8.42 Å². The summed E-state index contributed by atoms with van der Waals surface area (Å²) in [5.41, 5.74) is 0. The van der Waals surface area contributed by atoms with E-state index in [1.807, 2.05) is 49.0 Å². The molecule has 0 saturated heterocycles. The lowest BCUT2D eigenvalue weighted by atomic mass is 10.2. The van der Waals surface area contributed by atoms with Crippen molar-refractivity contribution in [3.8, 4) is 5.82 Å². The first-order valence-corrected chi connectivity index (χ1v) is 10.1. The SMILES string of the molecule is CC(C)c1nc(S(=O)(=O)NCCNc2ccc(-n3cccc3)nn2)cn1C. The van der Waals surface area contributed by atoms with E-state index in [2.05, 4.69) is 25.2 Å². The van der Waals surface area contributed by atoms with E-state index in [4.69, 9.17) is 0 Å². The fraction of sp³-hybridized carbons (Fsp3) is 0.353. The van der Waals surface area contributed by atoms with Gasteiger partial charge < -0.3 is 14.5 Å². The first kappa shape index (κ1) is 19.1. The van der Waals surface area contributed by atoms with Gasteiger partial charge >= 0.3 is 0 Å². The van der Waals surface area contributed by atoms with Crippen LogP contribution in [0.3, 0.4) is 0 Å². The van der Waals surface area contributed by atoms with Crippen LogP contribution in [-0.2, 0) is 17.1 Å². The molecule has 0 aliphatic carbocycles. The summed E-state index contributed by atoms with van der Waals surface area (Å²) in [5, 5.41) is 11.3. The smallest absolute Gasteiger partial charge is 0.259 e. The Morgan fingerprint density at radius 3 is 2.44 bits per heavy atom. The predicted octanol–water partition coefficient (Wildman–Crippen LogP) is 1.51. The molecule has 0 bridgehead atoms. The Morgan fingerprint density at radius 2 is 1.85 bits per heavy atom. The molecule has 0 amide bonds. The second-order valence-corrected chi connectivity index (χ2v) is 8.11. The molecule has 0 spiro atoms. The van der Waals surface area contributed by atoms with E-state index in [-0.39, 0.29) is 17.5 Å². The van der Waals surface area contributed by atoms with Gasteiger partial charge in [-0.3, -0.25) is 0 Å². The Bertz CT molecular complexity index is 977. The van der Waals surface area contributed by atoms with Gasteiger partial charge in [-0.05, 0) is 24.3 Å². The largest absolute Gasteiger partial charge is 0.367 e. The van der Waals surface area contributed by atoms with Crippen molar-refractivity contribution < 1.29 is 8.42 Å². The second kappa shape index (κ2) is 7.89. The van der Waals surface area contributed by atoms with E-state index < -0.39 is 10.0 Å². The maximum Gasteiger partial charge on any atom is 0.259 e. The minimum absolute atomic E-state index is 0.0320. The summed E-state index contributed by atoms with van der Waals surface area (Å²) in [5.74, 6) is 2.16. The second-order valence-electron chi connectivity index (χ2n) is 6.39. The van der Waals surface area contributed by atoms with Gasteiger partial charge in [0.1, 0.15) is 11.6 Å². The molecule has 0 fully saturated rings.